The first-order valence-electron chi connectivity index (χ1n) is 8.28. The zero-order valence-corrected chi connectivity index (χ0v) is 14.8. The van der Waals surface area contributed by atoms with E-state index in [9.17, 15) is 4.79 Å². The first kappa shape index (κ1) is 18.6. The second-order valence-electron chi connectivity index (χ2n) is 6.37. The van der Waals surface area contributed by atoms with Crippen molar-refractivity contribution in [3.05, 3.63) is 42.5 Å². The monoisotopic (exact) mass is 348 g/mol. The van der Waals surface area contributed by atoms with Crippen molar-refractivity contribution in [1.29, 1.82) is 0 Å². The molecular formula is C19H25ClN2O2. The fraction of sp³-hybridized carbons (Fsp3) is 0.421. The molecule has 1 amide bonds. The third kappa shape index (κ3) is 4.40. The summed E-state index contributed by atoms with van der Waals surface area (Å²) in [6.07, 6.45) is 1.97. The number of amides is 1. The van der Waals surface area contributed by atoms with Crippen LogP contribution in [0.3, 0.4) is 0 Å². The first-order valence-corrected chi connectivity index (χ1v) is 8.28. The van der Waals surface area contributed by atoms with E-state index in [1.807, 2.05) is 48.2 Å². The lowest BCUT2D eigenvalue weighted by molar-refractivity contribution is -0.134. The molecule has 0 aliphatic carbocycles. The normalized spacial score (nSPS) is 16.5. The van der Waals surface area contributed by atoms with Gasteiger partial charge in [-0.05, 0) is 48.6 Å². The maximum Gasteiger partial charge on any atom is 0.260 e. The molecule has 0 spiro atoms. The standard InChI is InChI=1S/C19H24N2O2.ClH/c1-14(20)15-8-10-21(11-9-15)19(22)13-23-18-7-6-16-4-2-3-5-17(16)12-18;/h2-7,12,14-15H,8-11,13,20H2,1H3;1H. The molecule has 2 aromatic carbocycles. The first-order chi connectivity index (χ1) is 11.1. The number of halogens is 1. The zero-order chi connectivity index (χ0) is 16.2. The summed E-state index contributed by atoms with van der Waals surface area (Å²) in [7, 11) is 0. The van der Waals surface area contributed by atoms with E-state index in [1.54, 1.807) is 0 Å². The molecule has 1 heterocycles. The Balaban J connectivity index is 0.00000208. The van der Waals surface area contributed by atoms with Crippen LogP contribution in [0.4, 0.5) is 0 Å². The van der Waals surface area contributed by atoms with Gasteiger partial charge in [0.25, 0.3) is 5.91 Å². The summed E-state index contributed by atoms with van der Waals surface area (Å²) in [5.74, 6) is 1.32. The predicted molar refractivity (Wildman–Crippen MR) is 99.6 cm³/mol. The van der Waals surface area contributed by atoms with E-state index in [4.69, 9.17) is 10.5 Å². The number of hydrogen-bond donors (Lipinski definition) is 1. The number of nitrogens with zero attached hydrogens (tertiary/aromatic N) is 1. The van der Waals surface area contributed by atoms with Crippen LogP contribution < -0.4 is 10.5 Å². The van der Waals surface area contributed by atoms with Gasteiger partial charge in [-0.25, -0.2) is 0 Å². The Morgan fingerprint density at radius 1 is 1.21 bits per heavy atom. The van der Waals surface area contributed by atoms with Gasteiger partial charge < -0.3 is 15.4 Å². The molecule has 1 saturated heterocycles. The summed E-state index contributed by atoms with van der Waals surface area (Å²) in [4.78, 5) is 14.2. The van der Waals surface area contributed by atoms with Gasteiger partial charge in [-0.3, -0.25) is 4.79 Å². The Hall–Kier alpha value is -1.78. The summed E-state index contributed by atoms with van der Waals surface area (Å²) < 4.78 is 5.69. The van der Waals surface area contributed by atoms with Crippen molar-refractivity contribution in [1.82, 2.24) is 4.90 Å². The molecule has 2 aromatic rings. The summed E-state index contributed by atoms with van der Waals surface area (Å²) in [6, 6.07) is 14.2. The van der Waals surface area contributed by atoms with Crippen LogP contribution >= 0.6 is 12.4 Å². The molecule has 1 aliphatic heterocycles. The highest BCUT2D eigenvalue weighted by atomic mass is 35.5. The van der Waals surface area contributed by atoms with Crippen LogP contribution in [0.5, 0.6) is 5.75 Å². The fourth-order valence-corrected chi connectivity index (χ4v) is 3.17. The molecule has 0 radical (unpaired) electrons. The molecule has 4 nitrogen and oxygen atoms in total. The maximum absolute atomic E-state index is 12.3. The molecule has 1 aliphatic rings. The number of rotatable bonds is 4. The van der Waals surface area contributed by atoms with Crippen LogP contribution in [-0.2, 0) is 4.79 Å². The minimum atomic E-state index is 0. The van der Waals surface area contributed by atoms with E-state index < -0.39 is 0 Å². The molecule has 3 rings (SSSR count). The molecule has 1 fully saturated rings. The number of fused-ring (bicyclic) bond motifs is 1. The van der Waals surface area contributed by atoms with E-state index in [1.165, 1.54) is 5.39 Å². The van der Waals surface area contributed by atoms with Crippen molar-refractivity contribution in [2.75, 3.05) is 19.7 Å². The highest BCUT2D eigenvalue weighted by molar-refractivity contribution is 5.85. The van der Waals surface area contributed by atoms with E-state index in [0.29, 0.717) is 5.92 Å². The van der Waals surface area contributed by atoms with Gasteiger partial charge in [-0.1, -0.05) is 30.3 Å². The second kappa shape index (κ2) is 8.36. The van der Waals surface area contributed by atoms with Gasteiger partial charge in [0.1, 0.15) is 5.75 Å². The number of piperidine rings is 1. The third-order valence-electron chi connectivity index (χ3n) is 4.72. The van der Waals surface area contributed by atoms with Crippen molar-refractivity contribution >= 4 is 29.1 Å². The Morgan fingerprint density at radius 2 is 1.88 bits per heavy atom. The number of ether oxygens (including phenoxy) is 1. The minimum absolute atomic E-state index is 0. The van der Waals surface area contributed by atoms with Crippen molar-refractivity contribution < 1.29 is 9.53 Å². The van der Waals surface area contributed by atoms with Crippen LogP contribution in [0, 0.1) is 5.92 Å². The second-order valence-corrected chi connectivity index (χ2v) is 6.37. The van der Waals surface area contributed by atoms with Gasteiger partial charge in [-0.15, -0.1) is 12.4 Å². The predicted octanol–water partition coefficient (Wildman–Crippen LogP) is 3.23. The lowest BCUT2D eigenvalue weighted by Gasteiger charge is -2.33. The Bertz CT molecular complexity index is 682. The molecule has 130 valence electrons. The van der Waals surface area contributed by atoms with E-state index >= 15 is 0 Å². The average Bonchev–Trinajstić information content (AvgIpc) is 2.59. The lowest BCUT2D eigenvalue weighted by Crippen LogP contribution is -2.44. The number of carbonyl (C=O) groups is 1. The smallest absolute Gasteiger partial charge is 0.260 e. The topological polar surface area (TPSA) is 55.6 Å². The van der Waals surface area contributed by atoms with E-state index in [0.717, 1.165) is 37.1 Å². The fourth-order valence-electron chi connectivity index (χ4n) is 3.17. The number of likely N-dealkylation sites (tertiary alicyclic amines) is 1. The molecule has 1 atom stereocenters. The molecule has 0 aromatic heterocycles. The van der Waals surface area contributed by atoms with Gasteiger partial charge in [0.05, 0.1) is 0 Å². The van der Waals surface area contributed by atoms with Crippen LogP contribution in [0.25, 0.3) is 10.8 Å². The molecule has 2 N–H and O–H groups in total. The molecule has 24 heavy (non-hydrogen) atoms. The maximum atomic E-state index is 12.3. The summed E-state index contributed by atoms with van der Waals surface area (Å²) >= 11 is 0. The SMILES string of the molecule is CC(N)C1CCN(C(=O)COc2ccc3ccccc3c2)CC1.Cl. The van der Waals surface area contributed by atoms with Crippen molar-refractivity contribution in [3.63, 3.8) is 0 Å². The highest BCUT2D eigenvalue weighted by Gasteiger charge is 2.24. The van der Waals surface area contributed by atoms with Crippen LogP contribution in [0.2, 0.25) is 0 Å². The van der Waals surface area contributed by atoms with Gasteiger partial charge in [-0.2, -0.15) is 0 Å². The van der Waals surface area contributed by atoms with Crippen LogP contribution in [0.1, 0.15) is 19.8 Å². The molecule has 0 bridgehead atoms. The van der Waals surface area contributed by atoms with E-state index in [2.05, 4.69) is 6.07 Å². The number of benzene rings is 2. The summed E-state index contributed by atoms with van der Waals surface area (Å²) in [5.41, 5.74) is 5.94. The van der Waals surface area contributed by atoms with Crippen molar-refractivity contribution in [3.8, 4) is 5.75 Å². The largest absolute Gasteiger partial charge is 0.484 e. The average molecular weight is 349 g/mol. The lowest BCUT2D eigenvalue weighted by atomic mass is 9.91. The number of nitrogens with two attached hydrogens (primary N) is 1. The molecule has 1 unspecified atom stereocenters. The van der Waals surface area contributed by atoms with E-state index in [-0.39, 0.29) is 31.0 Å². The minimum Gasteiger partial charge on any atom is -0.484 e. The highest BCUT2D eigenvalue weighted by Crippen LogP contribution is 2.22. The Morgan fingerprint density at radius 3 is 2.54 bits per heavy atom. The summed E-state index contributed by atoms with van der Waals surface area (Å²) in [6.45, 7) is 3.71. The van der Waals surface area contributed by atoms with Gasteiger partial charge in [0.2, 0.25) is 0 Å². The van der Waals surface area contributed by atoms with Crippen LogP contribution in [-0.4, -0.2) is 36.5 Å². The van der Waals surface area contributed by atoms with Gasteiger partial charge in [0, 0.05) is 19.1 Å². The zero-order valence-electron chi connectivity index (χ0n) is 14.0. The molecule has 0 saturated carbocycles. The van der Waals surface area contributed by atoms with Crippen molar-refractivity contribution in [2.45, 2.75) is 25.8 Å². The van der Waals surface area contributed by atoms with Crippen LogP contribution in [0.15, 0.2) is 42.5 Å². The number of hydrogen-bond acceptors (Lipinski definition) is 3. The molecule has 5 heteroatoms. The van der Waals surface area contributed by atoms with Gasteiger partial charge in [0.15, 0.2) is 6.61 Å². The molecular weight excluding hydrogens is 324 g/mol. The van der Waals surface area contributed by atoms with Gasteiger partial charge >= 0.3 is 0 Å². The quantitative estimate of drug-likeness (QED) is 0.922. The Kier molecular flexibility index (Phi) is 6.46. The Labute approximate surface area is 149 Å². The number of carbonyl (C=O) groups excluding carboxylic acids is 1. The summed E-state index contributed by atoms with van der Waals surface area (Å²) in [5, 5.41) is 2.29. The van der Waals surface area contributed by atoms with Crippen molar-refractivity contribution in [2.24, 2.45) is 11.7 Å². The third-order valence-corrected chi connectivity index (χ3v) is 4.72.